The van der Waals surface area contributed by atoms with Crippen molar-refractivity contribution in [1.82, 2.24) is 0 Å². The van der Waals surface area contributed by atoms with Gasteiger partial charge in [-0.15, -0.1) is 0 Å². The molecule has 1 aromatic carbocycles. The van der Waals surface area contributed by atoms with Crippen molar-refractivity contribution in [2.45, 2.75) is 6.17 Å². The van der Waals surface area contributed by atoms with Gasteiger partial charge in [0.2, 0.25) is 9.05 Å². The van der Waals surface area contributed by atoms with Gasteiger partial charge in [-0.2, -0.15) is 0 Å². The molecule has 1 aromatic rings. The van der Waals surface area contributed by atoms with Crippen LogP contribution in [0.2, 0.25) is 10.0 Å². The van der Waals surface area contributed by atoms with Gasteiger partial charge >= 0.3 is 0 Å². The summed E-state index contributed by atoms with van der Waals surface area (Å²) in [6.45, 7) is 0. The third-order valence-corrected chi connectivity index (χ3v) is 3.46. The highest BCUT2D eigenvalue weighted by molar-refractivity contribution is 8.13. The van der Waals surface area contributed by atoms with Gasteiger partial charge in [0.05, 0.1) is 10.0 Å². The molecule has 0 saturated heterocycles. The maximum atomic E-state index is 13.4. The first kappa shape index (κ1) is 13.0. The van der Waals surface area contributed by atoms with Crippen molar-refractivity contribution in [2.75, 3.05) is 5.75 Å². The van der Waals surface area contributed by atoms with Gasteiger partial charge in [0.15, 0.2) is 0 Å². The molecule has 7 heteroatoms. The van der Waals surface area contributed by atoms with Crippen molar-refractivity contribution in [3.8, 4) is 0 Å². The molecule has 0 aliphatic heterocycles. The fourth-order valence-corrected chi connectivity index (χ4v) is 2.16. The molecule has 15 heavy (non-hydrogen) atoms. The predicted molar refractivity (Wildman–Crippen MR) is 60.0 cm³/mol. The maximum Gasteiger partial charge on any atom is 0.235 e. The van der Waals surface area contributed by atoms with E-state index in [0.717, 1.165) is 0 Å². The summed E-state index contributed by atoms with van der Waals surface area (Å²) in [4.78, 5) is 0. The Morgan fingerprint density at radius 3 is 2.33 bits per heavy atom. The molecule has 0 heterocycles. The van der Waals surface area contributed by atoms with Crippen LogP contribution in [-0.2, 0) is 9.05 Å². The number of hydrogen-bond donors (Lipinski definition) is 0. The molecule has 1 atom stereocenters. The van der Waals surface area contributed by atoms with Gasteiger partial charge in [-0.1, -0.05) is 29.3 Å². The van der Waals surface area contributed by atoms with Crippen molar-refractivity contribution in [1.29, 1.82) is 0 Å². The summed E-state index contributed by atoms with van der Waals surface area (Å²) in [5, 5.41) is 0.449. The smallest absolute Gasteiger partial charge is 0.235 e. The van der Waals surface area contributed by atoms with Gasteiger partial charge in [-0.3, -0.25) is 0 Å². The summed E-state index contributed by atoms with van der Waals surface area (Å²) >= 11 is 11.3. The summed E-state index contributed by atoms with van der Waals surface area (Å²) in [7, 11) is 1.05. The third-order valence-electron chi connectivity index (χ3n) is 1.65. The van der Waals surface area contributed by atoms with E-state index in [9.17, 15) is 12.8 Å². The van der Waals surface area contributed by atoms with Crippen LogP contribution >= 0.6 is 33.9 Å². The first-order chi connectivity index (χ1) is 6.79. The SMILES string of the molecule is O=S(=O)(Cl)CC(F)c1ccc(Cl)c(Cl)c1. The quantitative estimate of drug-likeness (QED) is 0.798. The van der Waals surface area contributed by atoms with Crippen molar-refractivity contribution >= 4 is 42.9 Å². The second-order valence-electron chi connectivity index (χ2n) is 2.85. The monoisotopic (exact) mass is 290 g/mol. The zero-order valence-corrected chi connectivity index (χ0v) is 10.3. The van der Waals surface area contributed by atoms with E-state index in [1.54, 1.807) is 0 Å². The van der Waals surface area contributed by atoms with Crippen molar-refractivity contribution < 1.29 is 12.8 Å². The number of halogens is 4. The Morgan fingerprint density at radius 1 is 1.27 bits per heavy atom. The second-order valence-corrected chi connectivity index (χ2v) is 6.48. The van der Waals surface area contributed by atoms with Crippen LogP contribution in [0.15, 0.2) is 18.2 Å². The lowest BCUT2D eigenvalue weighted by Crippen LogP contribution is -2.05. The van der Waals surface area contributed by atoms with Crippen LogP contribution in [0.4, 0.5) is 4.39 Å². The minimum absolute atomic E-state index is 0.133. The normalized spacial score (nSPS) is 13.9. The summed E-state index contributed by atoms with van der Waals surface area (Å²) in [5.41, 5.74) is 0.133. The van der Waals surface area contributed by atoms with E-state index >= 15 is 0 Å². The lowest BCUT2D eigenvalue weighted by atomic mass is 10.1. The molecule has 0 aliphatic carbocycles. The minimum Gasteiger partial charge on any atom is -0.241 e. The first-order valence-electron chi connectivity index (χ1n) is 3.81. The fourth-order valence-electron chi connectivity index (χ4n) is 0.978. The molecule has 0 aromatic heterocycles. The van der Waals surface area contributed by atoms with Gasteiger partial charge in [-0.05, 0) is 17.7 Å². The third kappa shape index (κ3) is 4.15. The molecule has 84 valence electrons. The Hall–Kier alpha value is -0.0300. The molecule has 1 rings (SSSR count). The van der Waals surface area contributed by atoms with E-state index in [0.29, 0.717) is 0 Å². The van der Waals surface area contributed by atoms with Crippen LogP contribution in [0.25, 0.3) is 0 Å². The average molecular weight is 292 g/mol. The summed E-state index contributed by atoms with van der Waals surface area (Å²) in [6.07, 6.45) is -1.71. The lowest BCUT2D eigenvalue weighted by Gasteiger charge is -2.07. The number of rotatable bonds is 3. The van der Waals surface area contributed by atoms with E-state index in [1.807, 2.05) is 0 Å². The second kappa shape index (κ2) is 4.87. The highest BCUT2D eigenvalue weighted by Gasteiger charge is 2.18. The molecular weight excluding hydrogens is 286 g/mol. The van der Waals surface area contributed by atoms with Gasteiger partial charge in [0.25, 0.3) is 0 Å². The Bertz CT molecular complexity index is 461. The van der Waals surface area contributed by atoms with Crippen LogP contribution in [0.1, 0.15) is 11.7 Å². The minimum atomic E-state index is -3.87. The van der Waals surface area contributed by atoms with E-state index in [1.165, 1.54) is 18.2 Å². The van der Waals surface area contributed by atoms with Crippen LogP contribution in [0.3, 0.4) is 0 Å². The number of alkyl halides is 1. The molecule has 0 bridgehead atoms. The lowest BCUT2D eigenvalue weighted by molar-refractivity contribution is 0.376. The van der Waals surface area contributed by atoms with Crippen molar-refractivity contribution in [2.24, 2.45) is 0 Å². The standard InChI is InChI=1S/C8H6Cl3FO2S/c9-6-2-1-5(3-7(6)10)8(12)4-15(11,13)14/h1-3,8H,4H2. The molecule has 2 nitrogen and oxygen atoms in total. The van der Waals surface area contributed by atoms with Crippen LogP contribution in [0.5, 0.6) is 0 Å². The van der Waals surface area contributed by atoms with Gasteiger partial charge in [0.1, 0.15) is 11.9 Å². The van der Waals surface area contributed by atoms with Gasteiger partial charge in [-0.25, -0.2) is 12.8 Å². The topological polar surface area (TPSA) is 34.1 Å². The van der Waals surface area contributed by atoms with Gasteiger partial charge in [0, 0.05) is 10.7 Å². The molecule has 0 amide bonds. The highest BCUT2D eigenvalue weighted by Crippen LogP contribution is 2.28. The van der Waals surface area contributed by atoms with Gasteiger partial charge < -0.3 is 0 Å². The predicted octanol–water partition coefficient (Wildman–Crippen LogP) is 3.57. The molecule has 0 fully saturated rings. The largest absolute Gasteiger partial charge is 0.241 e. The summed E-state index contributed by atoms with van der Waals surface area (Å²) < 4.78 is 34.6. The Morgan fingerprint density at radius 2 is 1.87 bits per heavy atom. The van der Waals surface area contributed by atoms with Crippen LogP contribution in [-0.4, -0.2) is 14.2 Å². The van der Waals surface area contributed by atoms with Crippen LogP contribution in [0, 0.1) is 0 Å². The number of hydrogen-bond acceptors (Lipinski definition) is 2. The van der Waals surface area contributed by atoms with Crippen molar-refractivity contribution in [3.05, 3.63) is 33.8 Å². The molecule has 0 radical (unpaired) electrons. The fraction of sp³-hybridized carbons (Fsp3) is 0.250. The van der Waals surface area contributed by atoms with E-state index < -0.39 is 21.0 Å². The average Bonchev–Trinajstić information content (AvgIpc) is 2.06. The molecule has 0 spiro atoms. The molecule has 0 N–H and O–H groups in total. The molecule has 1 unspecified atom stereocenters. The molecule has 0 saturated carbocycles. The summed E-state index contributed by atoms with van der Waals surface area (Å²) in [5.74, 6) is -0.785. The molecule has 0 aliphatic rings. The van der Waals surface area contributed by atoms with E-state index in [-0.39, 0.29) is 15.6 Å². The zero-order valence-electron chi connectivity index (χ0n) is 7.25. The Balaban J connectivity index is 2.92. The van der Waals surface area contributed by atoms with E-state index in [4.69, 9.17) is 33.9 Å². The van der Waals surface area contributed by atoms with Crippen LogP contribution < -0.4 is 0 Å². The molecular formula is C8H6Cl3FO2S. The highest BCUT2D eigenvalue weighted by atomic mass is 35.7. The Kier molecular flexibility index (Phi) is 4.23. The maximum absolute atomic E-state index is 13.4. The summed E-state index contributed by atoms with van der Waals surface area (Å²) in [6, 6.07) is 4.03. The first-order valence-corrected chi connectivity index (χ1v) is 7.04. The number of benzene rings is 1. The van der Waals surface area contributed by atoms with E-state index in [2.05, 4.69) is 0 Å². The van der Waals surface area contributed by atoms with Crippen molar-refractivity contribution in [3.63, 3.8) is 0 Å². The Labute approximate surface area is 101 Å². The zero-order chi connectivity index (χ0) is 11.6.